The summed E-state index contributed by atoms with van der Waals surface area (Å²) in [6.07, 6.45) is -2.91. The smallest absolute Gasteiger partial charge is 0.417 e. The molecule has 4 nitrogen and oxygen atoms in total. The molecule has 2 aromatic carbocycles. The van der Waals surface area contributed by atoms with Crippen LogP contribution in [-0.4, -0.2) is 34.2 Å². The van der Waals surface area contributed by atoms with Gasteiger partial charge in [-0.15, -0.1) is 0 Å². The van der Waals surface area contributed by atoms with Crippen molar-refractivity contribution >= 4 is 6.08 Å². The summed E-state index contributed by atoms with van der Waals surface area (Å²) >= 11 is 0. The molecule has 0 heterocycles. The highest BCUT2D eigenvalue weighted by atomic mass is 19.4. The fourth-order valence-corrected chi connectivity index (χ4v) is 3.87. The van der Waals surface area contributed by atoms with Gasteiger partial charge in [0.15, 0.2) is 6.10 Å². The maximum Gasteiger partial charge on any atom is 0.417 e. The Hall–Kier alpha value is -2.35. The number of aliphatic hydroxyl groups is 3. The van der Waals surface area contributed by atoms with Crippen molar-refractivity contribution in [1.29, 1.82) is 0 Å². The van der Waals surface area contributed by atoms with Gasteiger partial charge in [0.05, 0.1) is 19.8 Å². The third kappa shape index (κ3) is 6.59. The summed E-state index contributed by atoms with van der Waals surface area (Å²) in [6.45, 7) is 6.10. The van der Waals surface area contributed by atoms with Gasteiger partial charge in [-0.3, -0.25) is 0 Å². The SMILES string of the molecule is CCc1cc(C(CC)(CC)COc2ccc(CO)c(CO)c2)ccc1/C=C/C(O)C(F)(F)F. The number of ether oxygens (including phenoxy) is 1. The number of halogens is 3. The Morgan fingerprint density at radius 2 is 1.58 bits per heavy atom. The van der Waals surface area contributed by atoms with Crippen molar-refractivity contribution in [3.63, 3.8) is 0 Å². The number of hydrogen-bond acceptors (Lipinski definition) is 4. The molecule has 1 atom stereocenters. The molecular formula is C26H33F3O4. The van der Waals surface area contributed by atoms with Gasteiger partial charge in [-0.1, -0.05) is 51.1 Å². The largest absolute Gasteiger partial charge is 0.493 e. The van der Waals surface area contributed by atoms with Gasteiger partial charge in [-0.25, -0.2) is 0 Å². The van der Waals surface area contributed by atoms with Crippen molar-refractivity contribution in [3.8, 4) is 5.75 Å². The lowest BCUT2D eigenvalue weighted by atomic mass is 9.75. The Kier molecular flexibility index (Phi) is 9.52. The van der Waals surface area contributed by atoms with Crippen LogP contribution >= 0.6 is 0 Å². The van der Waals surface area contributed by atoms with E-state index in [2.05, 4.69) is 13.8 Å². The van der Waals surface area contributed by atoms with E-state index in [1.807, 2.05) is 19.1 Å². The van der Waals surface area contributed by atoms with E-state index in [9.17, 15) is 28.5 Å². The predicted molar refractivity (Wildman–Crippen MR) is 123 cm³/mol. The van der Waals surface area contributed by atoms with Gasteiger partial charge < -0.3 is 20.1 Å². The summed E-state index contributed by atoms with van der Waals surface area (Å²) in [4.78, 5) is 0. The monoisotopic (exact) mass is 466 g/mol. The first-order chi connectivity index (χ1) is 15.6. The quantitative estimate of drug-likeness (QED) is 0.420. The van der Waals surface area contributed by atoms with Crippen LogP contribution in [0.2, 0.25) is 0 Å². The zero-order valence-electron chi connectivity index (χ0n) is 19.3. The zero-order valence-corrected chi connectivity index (χ0v) is 19.3. The minimum Gasteiger partial charge on any atom is -0.493 e. The molecule has 3 N–H and O–H groups in total. The van der Waals surface area contributed by atoms with Crippen LogP contribution in [0, 0.1) is 0 Å². The van der Waals surface area contributed by atoms with E-state index in [0.717, 1.165) is 30.0 Å². The normalized spacial score (nSPS) is 13.5. The van der Waals surface area contributed by atoms with Gasteiger partial charge in [0.2, 0.25) is 0 Å². The zero-order chi connectivity index (χ0) is 24.6. The van der Waals surface area contributed by atoms with E-state index in [0.29, 0.717) is 35.5 Å². The lowest BCUT2D eigenvalue weighted by Crippen LogP contribution is -2.32. The number of aliphatic hydroxyl groups excluding tert-OH is 3. The summed E-state index contributed by atoms with van der Waals surface area (Å²) in [5, 5.41) is 28.2. The maximum absolute atomic E-state index is 12.6. The first kappa shape index (κ1) is 26.9. The molecule has 7 heteroatoms. The van der Waals surface area contributed by atoms with Crippen LogP contribution in [0.4, 0.5) is 13.2 Å². The van der Waals surface area contributed by atoms with E-state index in [1.165, 1.54) is 6.08 Å². The highest BCUT2D eigenvalue weighted by Crippen LogP contribution is 2.35. The van der Waals surface area contributed by atoms with Crippen molar-refractivity contribution in [2.45, 2.75) is 70.9 Å². The number of alkyl halides is 3. The van der Waals surface area contributed by atoms with Crippen molar-refractivity contribution < 1.29 is 33.2 Å². The van der Waals surface area contributed by atoms with Crippen LogP contribution in [-0.2, 0) is 25.0 Å². The molecule has 33 heavy (non-hydrogen) atoms. The van der Waals surface area contributed by atoms with Gasteiger partial charge >= 0.3 is 6.18 Å². The Morgan fingerprint density at radius 3 is 2.12 bits per heavy atom. The second-order valence-electron chi connectivity index (χ2n) is 8.14. The van der Waals surface area contributed by atoms with Crippen LogP contribution in [0.15, 0.2) is 42.5 Å². The molecule has 182 valence electrons. The predicted octanol–water partition coefficient (Wildman–Crippen LogP) is 5.31. The first-order valence-electron chi connectivity index (χ1n) is 11.2. The second-order valence-corrected chi connectivity index (χ2v) is 8.14. The number of benzene rings is 2. The third-order valence-electron chi connectivity index (χ3n) is 6.32. The van der Waals surface area contributed by atoms with E-state index in [1.54, 1.807) is 24.3 Å². The standard InChI is InChI=1S/C26H33F3O4/c1-4-18-13-22(10-7-19(18)9-12-24(32)26(27,28)29)25(5-2,6-3)17-33-23-11-8-20(15-30)21(14-23)16-31/h7-14,24,30-32H,4-6,15-17H2,1-3H3/b12-9+. The summed E-state index contributed by atoms with van der Waals surface area (Å²) in [5.74, 6) is 0.596. The first-order valence-corrected chi connectivity index (χ1v) is 11.2. The molecule has 0 fully saturated rings. The van der Waals surface area contributed by atoms with Gasteiger partial charge in [0, 0.05) is 5.41 Å². The molecule has 2 aromatic rings. The highest BCUT2D eigenvalue weighted by molar-refractivity contribution is 5.56. The van der Waals surface area contributed by atoms with E-state index < -0.39 is 12.3 Å². The fraction of sp³-hybridized carbons (Fsp3) is 0.462. The van der Waals surface area contributed by atoms with E-state index in [4.69, 9.17) is 4.74 Å². The summed E-state index contributed by atoms with van der Waals surface area (Å²) in [7, 11) is 0. The number of hydrogen-bond donors (Lipinski definition) is 3. The van der Waals surface area contributed by atoms with Gasteiger partial charge in [-0.05, 0) is 65.3 Å². The second kappa shape index (κ2) is 11.7. The van der Waals surface area contributed by atoms with Crippen LogP contribution in [0.1, 0.15) is 61.4 Å². The summed E-state index contributed by atoms with van der Waals surface area (Å²) < 4.78 is 44.0. The van der Waals surface area contributed by atoms with Gasteiger partial charge in [0.25, 0.3) is 0 Å². The molecule has 2 rings (SSSR count). The molecule has 0 radical (unpaired) electrons. The molecular weight excluding hydrogens is 433 g/mol. The van der Waals surface area contributed by atoms with Gasteiger partial charge in [-0.2, -0.15) is 13.2 Å². The van der Waals surface area contributed by atoms with Crippen molar-refractivity contribution in [1.82, 2.24) is 0 Å². The van der Waals surface area contributed by atoms with Crippen LogP contribution in [0.3, 0.4) is 0 Å². The molecule has 0 saturated heterocycles. The molecule has 1 unspecified atom stereocenters. The van der Waals surface area contributed by atoms with Crippen LogP contribution in [0.25, 0.3) is 6.08 Å². The lowest BCUT2D eigenvalue weighted by Gasteiger charge is -2.33. The molecule has 0 spiro atoms. The summed E-state index contributed by atoms with van der Waals surface area (Å²) in [6, 6.07) is 10.9. The minimum atomic E-state index is -4.69. The fourth-order valence-electron chi connectivity index (χ4n) is 3.87. The van der Waals surface area contributed by atoms with Crippen LogP contribution in [0.5, 0.6) is 5.75 Å². The third-order valence-corrected chi connectivity index (χ3v) is 6.32. The highest BCUT2D eigenvalue weighted by Gasteiger charge is 2.36. The molecule has 0 aromatic heterocycles. The molecule has 0 bridgehead atoms. The Morgan fingerprint density at radius 1 is 0.909 bits per heavy atom. The molecule has 0 amide bonds. The number of rotatable bonds is 11. The topological polar surface area (TPSA) is 69.9 Å². The minimum absolute atomic E-state index is 0.162. The maximum atomic E-state index is 12.6. The van der Waals surface area contributed by atoms with Gasteiger partial charge in [0.1, 0.15) is 5.75 Å². The van der Waals surface area contributed by atoms with E-state index in [-0.39, 0.29) is 18.6 Å². The average Bonchev–Trinajstić information content (AvgIpc) is 2.82. The average molecular weight is 467 g/mol. The van der Waals surface area contributed by atoms with Crippen molar-refractivity contribution in [3.05, 3.63) is 70.3 Å². The van der Waals surface area contributed by atoms with Crippen molar-refractivity contribution in [2.75, 3.05) is 6.61 Å². The Balaban J connectivity index is 2.31. The van der Waals surface area contributed by atoms with Crippen LogP contribution < -0.4 is 4.74 Å². The number of aryl methyl sites for hydroxylation is 1. The molecule has 0 aliphatic rings. The summed E-state index contributed by atoms with van der Waals surface area (Å²) in [5.41, 5.74) is 3.51. The Labute approximate surface area is 193 Å². The van der Waals surface area contributed by atoms with Crippen molar-refractivity contribution in [2.24, 2.45) is 0 Å². The Bertz CT molecular complexity index is 934. The lowest BCUT2D eigenvalue weighted by molar-refractivity contribution is -0.187. The molecule has 0 aliphatic carbocycles. The van der Waals surface area contributed by atoms with E-state index >= 15 is 0 Å². The molecule has 0 saturated carbocycles. The molecule has 0 aliphatic heterocycles.